The third kappa shape index (κ3) is 2.07. The van der Waals surface area contributed by atoms with Gasteiger partial charge in [0, 0.05) is 23.1 Å². The van der Waals surface area contributed by atoms with Gasteiger partial charge in [-0.2, -0.15) is 11.3 Å². The summed E-state index contributed by atoms with van der Waals surface area (Å²) in [5, 5.41) is 7.46. The van der Waals surface area contributed by atoms with Gasteiger partial charge in [0.05, 0.1) is 5.69 Å². The summed E-state index contributed by atoms with van der Waals surface area (Å²) in [6, 6.07) is 2.09. The van der Waals surface area contributed by atoms with Gasteiger partial charge >= 0.3 is 0 Å². The van der Waals surface area contributed by atoms with Gasteiger partial charge in [-0.1, -0.05) is 0 Å². The third-order valence-corrected chi connectivity index (χ3v) is 3.08. The van der Waals surface area contributed by atoms with Gasteiger partial charge in [0.25, 0.3) is 0 Å². The number of hydrogen-bond donors (Lipinski definition) is 1. The van der Waals surface area contributed by atoms with Crippen molar-refractivity contribution in [1.82, 2.24) is 9.97 Å². The zero-order valence-electron chi connectivity index (χ0n) is 9.74. The van der Waals surface area contributed by atoms with Crippen molar-refractivity contribution in [3.63, 3.8) is 0 Å². The predicted octanol–water partition coefficient (Wildman–Crippen LogP) is 3.25. The fourth-order valence-electron chi connectivity index (χ4n) is 1.65. The Morgan fingerprint density at radius 3 is 2.75 bits per heavy atom. The molecule has 0 atom stereocenters. The Balaban J connectivity index is 2.53. The predicted molar refractivity (Wildman–Crippen MR) is 69.0 cm³/mol. The molecule has 0 aliphatic rings. The molecule has 0 saturated carbocycles. The van der Waals surface area contributed by atoms with Crippen molar-refractivity contribution in [3.8, 4) is 11.3 Å². The van der Waals surface area contributed by atoms with E-state index in [1.807, 2.05) is 6.92 Å². The zero-order chi connectivity index (χ0) is 11.5. The van der Waals surface area contributed by atoms with Crippen LogP contribution in [0.1, 0.15) is 18.3 Å². The molecule has 3 nitrogen and oxygen atoms in total. The molecule has 0 spiro atoms. The molecule has 16 heavy (non-hydrogen) atoms. The molecule has 0 aliphatic carbocycles. The SMILES string of the molecule is CCNc1nc(C)nc(-c2ccsc2)c1C. The van der Waals surface area contributed by atoms with Crippen LogP contribution in [0.3, 0.4) is 0 Å². The number of anilines is 1. The van der Waals surface area contributed by atoms with Crippen LogP contribution in [0, 0.1) is 13.8 Å². The maximum absolute atomic E-state index is 4.51. The molecule has 4 heteroatoms. The fraction of sp³-hybridized carbons (Fsp3) is 0.333. The molecule has 2 rings (SSSR count). The third-order valence-electron chi connectivity index (χ3n) is 2.40. The number of aryl methyl sites for hydroxylation is 1. The number of aromatic nitrogens is 2. The molecule has 2 heterocycles. The van der Waals surface area contributed by atoms with Crippen molar-refractivity contribution >= 4 is 17.2 Å². The van der Waals surface area contributed by atoms with Crippen LogP contribution in [-0.4, -0.2) is 16.5 Å². The van der Waals surface area contributed by atoms with Crippen LogP contribution in [0.15, 0.2) is 16.8 Å². The van der Waals surface area contributed by atoms with Gasteiger partial charge < -0.3 is 5.32 Å². The van der Waals surface area contributed by atoms with E-state index in [1.54, 1.807) is 11.3 Å². The number of nitrogens with one attached hydrogen (secondary N) is 1. The number of rotatable bonds is 3. The minimum atomic E-state index is 0.808. The highest BCUT2D eigenvalue weighted by Gasteiger charge is 2.10. The quantitative estimate of drug-likeness (QED) is 0.884. The van der Waals surface area contributed by atoms with E-state index in [4.69, 9.17) is 0 Å². The zero-order valence-corrected chi connectivity index (χ0v) is 10.6. The van der Waals surface area contributed by atoms with Crippen molar-refractivity contribution in [2.75, 3.05) is 11.9 Å². The first kappa shape index (κ1) is 11.1. The van der Waals surface area contributed by atoms with Crippen LogP contribution < -0.4 is 5.32 Å². The van der Waals surface area contributed by atoms with Crippen LogP contribution in [0.25, 0.3) is 11.3 Å². The van der Waals surface area contributed by atoms with E-state index in [0.717, 1.165) is 29.4 Å². The van der Waals surface area contributed by atoms with E-state index in [0.29, 0.717) is 0 Å². The van der Waals surface area contributed by atoms with Gasteiger partial charge in [-0.3, -0.25) is 0 Å². The molecule has 0 aromatic carbocycles. The average molecular weight is 233 g/mol. The lowest BCUT2D eigenvalue weighted by molar-refractivity contribution is 1.02. The van der Waals surface area contributed by atoms with Crippen molar-refractivity contribution in [2.24, 2.45) is 0 Å². The summed E-state index contributed by atoms with van der Waals surface area (Å²) in [4.78, 5) is 8.93. The molecular weight excluding hydrogens is 218 g/mol. The molecule has 0 amide bonds. The smallest absolute Gasteiger partial charge is 0.133 e. The standard InChI is InChI=1S/C12H15N3S/c1-4-13-12-8(2)11(14-9(3)15-12)10-5-6-16-7-10/h5-7H,4H2,1-3H3,(H,13,14,15). The Bertz CT molecular complexity index is 477. The topological polar surface area (TPSA) is 37.8 Å². The Labute approximate surface area is 99.6 Å². The van der Waals surface area contributed by atoms with Gasteiger partial charge in [-0.15, -0.1) is 0 Å². The van der Waals surface area contributed by atoms with E-state index in [-0.39, 0.29) is 0 Å². The van der Waals surface area contributed by atoms with Crippen LogP contribution >= 0.6 is 11.3 Å². The summed E-state index contributed by atoms with van der Waals surface area (Å²) in [6.07, 6.45) is 0. The second-order valence-corrected chi connectivity index (χ2v) is 4.42. The molecule has 2 aromatic rings. The van der Waals surface area contributed by atoms with Crippen molar-refractivity contribution in [2.45, 2.75) is 20.8 Å². The first-order valence-corrected chi connectivity index (χ1v) is 6.28. The Morgan fingerprint density at radius 2 is 2.12 bits per heavy atom. The second kappa shape index (κ2) is 4.61. The minimum absolute atomic E-state index is 0.808. The first-order valence-electron chi connectivity index (χ1n) is 5.34. The average Bonchev–Trinajstić information content (AvgIpc) is 2.76. The van der Waals surface area contributed by atoms with Gasteiger partial charge in [0.2, 0.25) is 0 Å². The van der Waals surface area contributed by atoms with E-state index in [2.05, 4.69) is 46.0 Å². The lowest BCUT2D eigenvalue weighted by Crippen LogP contribution is -2.05. The largest absolute Gasteiger partial charge is 0.370 e. The van der Waals surface area contributed by atoms with Gasteiger partial charge in [-0.05, 0) is 32.2 Å². The molecule has 84 valence electrons. The van der Waals surface area contributed by atoms with Crippen LogP contribution in [0.2, 0.25) is 0 Å². The summed E-state index contributed by atoms with van der Waals surface area (Å²) in [5.74, 6) is 1.75. The highest BCUT2D eigenvalue weighted by molar-refractivity contribution is 7.08. The number of nitrogens with zero attached hydrogens (tertiary/aromatic N) is 2. The van der Waals surface area contributed by atoms with E-state index >= 15 is 0 Å². The maximum Gasteiger partial charge on any atom is 0.133 e. The van der Waals surface area contributed by atoms with E-state index in [9.17, 15) is 0 Å². The maximum atomic E-state index is 4.51. The molecule has 0 aliphatic heterocycles. The van der Waals surface area contributed by atoms with Gasteiger partial charge in [0.1, 0.15) is 11.6 Å². The lowest BCUT2D eigenvalue weighted by atomic mass is 10.1. The Kier molecular flexibility index (Phi) is 3.19. The fourth-order valence-corrected chi connectivity index (χ4v) is 2.29. The molecule has 0 radical (unpaired) electrons. The summed E-state index contributed by atoms with van der Waals surface area (Å²) >= 11 is 1.69. The number of thiophene rings is 1. The van der Waals surface area contributed by atoms with Crippen LogP contribution in [0.4, 0.5) is 5.82 Å². The van der Waals surface area contributed by atoms with Gasteiger partial charge in [-0.25, -0.2) is 9.97 Å². The van der Waals surface area contributed by atoms with Gasteiger partial charge in [0.15, 0.2) is 0 Å². The van der Waals surface area contributed by atoms with Crippen molar-refractivity contribution < 1.29 is 0 Å². The molecule has 0 saturated heterocycles. The normalized spacial score (nSPS) is 10.4. The van der Waals surface area contributed by atoms with E-state index < -0.39 is 0 Å². The second-order valence-electron chi connectivity index (χ2n) is 3.64. The summed E-state index contributed by atoms with van der Waals surface area (Å²) in [5.41, 5.74) is 3.32. The van der Waals surface area contributed by atoms with Crippen LogP contribution in [0.5, 0.6) is 0 Å². The Hall–Kier alpha value is -1.42. The molecule has 0 bridgehead atoms. The van der Waals surface area contributed by atoms with E-state index in [1.165, 1.54) is 5.56 Å². The Morgan fingerprint density at radius 1 is 1.31 bits per heavy atom. The lowest BCUT2D eigenvalue weighted by Gasteiger charge is -2.10. The van der Waals surface area contributed by atoms with Crippen LogP contribution in [-0.2, 0) is 0 Å². The van der Waals surface area contributed by atoms with Crippen molar-refractivity contribution in [1.29, 1.82) is 0 Å². The highest BCUT2D eigenvalue weighted by Crippen LogP contribution is 2.27. The summed E-state index contributed by atoms with van der Waals surface area (Å²) in [7, 11) is 0. The molecule has 1 N–H and O–H groups in total. The highest BCUT2D eigenvalue weighted by atomic mass is 32.1. The minimum Gasteiger partial charge on any atom is -0.370 e. The summed E-state index contributed by atoms with van der Waals surface area (Å²) < 4.78 is 0. The number of hydrogen-bond acceptors (Lipinski definition) is 4. The molecule has 0 unspecified atom stereocenters. The molecule has 0 fully saturated rings. The summed E-state index contributed by atoms with van der Waals surface area (Å²) in [6.45, 7) is 6.93. The molecular formula is C12H15N3S. The first-order chi connectivity index (χ1) is 7.72. The van der Waals surface area contributed by atoms with Crippen molar-refractivity contribution in [3.05, 3.63) is 28.2 Å². The molecule has 2 aromatic heterocycles. The monoisotopic (exact) mass is 233 g/mol.